The molecule has 0 aliphatic rings. The SMILES string of the molecule is c1ccn2ccnc2c1.c1ccncc1. The summed E-state index contributed by atoms with van der Waals surface area (Å²) >= 11 is 0. The van der Waals surface area contributed by atoms with E-state index in [0.717, 1.165) is 5.65 Å². The standard InChI is InChI=1S/C7H6N2.C5H5N/c1-2-5-9-6-4-8-7(9)3-1;1-2-4-6-5-3-1/h1-6H;1-5H. The molecule has 0 saturated carbocycles. The molecule has 0 aromatic carbocycles. The number of rotatable bonds is 0. The molecular weight excluding hydrogens is 186 g/mol. The lowest BCUT2D eigenvalue weighted by molar-refractivity contribution is 1.19. The molecule has 3 rings (SSSR count). The number of fused-ring (bicyclic) bond motifs is 1. The highest BCUT2D eigenvalue weighted by Crippen LogP contribution is 1.96. The first-order valence-corrected chi connectivity index (χ1v) is 4.69. The molecule has 3 heterocycles. The number of imidazole rings is 1. The summed E-state index contributed by atoms with van der Waals surface area (Å²) in [7, 11) is 0. The summed E-state index contributed by atoms with van der Waals surface area (Å²) in [5.41, 5.74) is 0.998. The predicted molar refractivity (Wildman–Crippen MR) is 59.4 cm³/mol. The Morgan fingerprint density at radius 1 is 0.800 bits per heavy atom. The molecule has 74 valence electrons. The fourth-order valence-electron chi connectivity index (χ4n) is 1.18. The summed E-state index contributed by atoms with van der Waals surface area (Å²) in [6.07, 6.45) is 9.19. The molecule has 3 aromatic rings. The molecular formula is C12H11N3. The smallest absolute Gasteiger partial charge is 0.136 e. The third-order valence-corrected chi connectivity index (χ3v) is 1.87. The topological polar surface area (TPSA) is 30.2 Å². The van der Waals surface area contributed by atoms with Crippen molar-refractivity contribution in [2.24, 2.45) is 0 Å². The molecule has 0 aliphatic carbocycles. The zero-order valence-corrected chi connectivity index (χ0v) is 8.19. The Morgan fingerprint density at radius 3 is 2.27 bits per heavy atom. The second-order valence-corrected chi connectivity index (χ2v) is 2.92. The number of aromatic nitrogens is 3. The molecule has 0 saturated heterocycles. The first kappa shape index (κ1) is 9.40. The van der Waals surface area contributed by atoms with Crippen LogP contribution in [-0.2, 0) is 0 Å². The number of nitrogens with zero attached hydrogens (tertiary/aromatic N) is 3. The summed E-state index contributed by atoms with van der Waals surface area (Å²) in [5, 5.41) is 0. The molecule has 0 unspecified atom stereocenters. The Hall–Kier alpha value is -2.16. The minimum absolute atomic E-state index is 0.998. The van der Waals surface area contributed by atoms with Crippen molar-refractivity contribution >= 4 is 5.65 Å². The summed E-state index contributed by atoms with van der Waals surface area (Å²) in [5.74, 6) is 0. The average molecular weight is 197 g/mol. The van der Waals surface area contributed by atoms with Crippen molar-refractivity contribution in [3.63, 3.8) is 0 Å². The van der Waals surface area contributed by atoms with Crippen LogP contribution in [0, 0.1) is 0 Å². The van der Waals surface area contributed by atoms with Crippen molar-refractivity contribution in [1.82, 2.24) is 14.4 Å². The highest BCUT2D eigenvalue weighted by atomic mass is 15.0. The van der Waals surface area contributed by atoms with Gasteiger partial charge in [-0.15, -0.1) is 0 Å². The van der Waals surface area contributed by atoms with Crippen molar-refractivity contribution in [3.8, 4) is 0 Å². The monoisotopic (exact) mass is 197 g/mol. The van der Waals surface area contributed by atoms with E-state index in [2.05, 4.69) is 9.97 Å². The van der Waals surface area contributed by atoms with Crippen LogP contribution in [-0.4, -0.2) is 14.4 Å². The van der Waals surface area contributed by atoms with Crippen molar-refractivity contribution in [2.45, 2.75) is 0 Å². The normalized spacial score (nSPS) is 9.33. The van der Waals surface area contributed by atoms with Crippen LogP contribution in [0.5, 0.6) is 0 Å². The molecule has 0 atom stereocenters. The van der Waals surface area contributed by atoms with E-state index in [-0.39, 0.29) is 0 Å². The van der Waals surface area contributed by atoms with Crippen molar-refractivity contribution in [1.29, 1.82) is 0 Å². The molecule has 3 heteroatoms. The lowest BCUT2D eigenvalue weighted by atomic mass is 10.5. The van der Waals surface area contributed by atoms with Crippen molar-refractivity contribution < 1.29 is 0 Å². The molecule has 0 N–H and O–H groups in total. The quantitative estimate of drug-likeness (QED) is 0.554. The molecule has 0 spiro atoms. The molecule has 0 fully saturated rings. The Morgan fingerprint density at radius 2 is 1.67 bits per heavy atom. The lowest BCUT2D eigenvalue weighted by Gasteiger charge is -1.86. The van der Waals surface area contributed by atoms with Crippen LogP contribution in [0.15, 0.2) is 67.4 Å². The van der Waals surface area contributed by atoms with Crippen molar-refractivity contribution in [3.05, 3.63) is 67.4 Å². The highest BCUT2D eigenvalue weighted by molar-refractivity contribution is 5.36. The second-order valence-electron chi connectivity index (χ2n) is 2.92. The number of pyridine rings is 2. The predicted octanol–water partition coefficient (Wildman–Crippen LogP) is 2.42. The first-order valence-electron chi connectivity index (χ1n) is 4.69. The van der Waals surface area contributed by atoms with Gasteiger partial charge in [-0.05, 0) is 24.3 Å². The summed E-state index contributed by atoms with van der Waals surface area (Å²) in [4.78, 5) is 7.87. The van der Waals surface area contributed by atoms with Crippen LogP contribution in [0.1, 0.15) is 0 Å². The van der Waals surface area contributed by atoms with Crippen LogP contribution in [0.25, 0.3) is 5.65 Å². The van der Waals surface area contributed by atoms with Crippen LogP contribution >= 0.6 is 0 Å². The zero-order valence-electron chi connectivity index (χ0n) is 8.19. The van der Waals surface area contributed by atoms with Gasteiger partial charge in [0.25, 0.3) is 0 Å². The van der Waals surface area contributed by atoms with Gasteiger partial charge in [-0.1, -0.05) is 12.1 Å². The van der Waals surface area contributed by atoms with E-state index >= 15 is 0 Å². The van der Waals surface area contributed by atoms with E-state index in [1.54, 1.807) is 18.6 Å². The number of hydrogen-bond acceptors (Lipinski definition) is 2. The van der Waals surface area contributed by atoms with Crippen LogP contribution in [0.3, 0.4) is 0 Å². The maximum absolute atomic E-state index is 4.08. The van der Waals surface area contributed by atoms with Crippen LogP contribution in [0.4, 0.5) is 0 Å². The fraction of sp³-hybridized carbons (Fsp3) is 0. The Bertz CT molecular complexity index is 445. The van der Waals surface area contributed by atoms with Gasteiger partial charge in [0, 0.05) is 31.0 Å². The van der Waals surface area contributed by atoms with Crippen molar-refractivity contribution in [2.75, 3.05) is 0 Å². The van der Waals surface area contributed by atoms with E-state index in [1.165, 1.54) is 0 Å². The zero-order chi connectivity index (χ0) is 10.3. The largest absolute Gasteiger partial charge is 0.307 e. The van der Waals surface area contributed by atoms with Crippen LogP contribution in [0.2, 0.25) is 0 Å². The molecule has 3 aromatic heterocycles. The molecule has 0 aliphatic heterocycles. The van der Waals surface area contributed by atoms with E-state index in [0.29, 0.717) is 0 Å². The van der Waals surface area contributed by atoms with E-state index in [1.807, 2.05) is 53.2 Å². The van der Waals surface area contributed by atoms with Gasteiger partial charge in [0.2, 0.25) is 0 Å². The van der Waals surface area contributed by atoms with Gasteiger partial charge in [-0.3, -0.25) is 4.98 Å². The van der Waals surface area contributed by atoms with Gasteiger partial charge < -0.3 is 4.40 Å². The molecule has 0 bridgehead atoms. The molecule has 0 amide bonds. The third kappa shape index (κ3) is 2.64. The van der Waals surface area contributed by atoms with E-state index in [9.17, 15) is 0 Å². The third-order valence-electron chi connectivity index (χ3n) is 1.87. The second kappa shape index (κ2) is 4.91. The molecule has 15 heavy (non-hydrogen) atoms. The van der Waals surface area contributed by atoms with Gasteiger partial charge in [-0.2, -0.15) is 0 Å². The molecule has 3 nitrogen and oxygen atoms in total. The first-order chi connectivity index (χ1) is 7.47. The Balaban J connectivity index is 0.000000124. The lowest BCUT2D eigenvalue weighted by Crippen LogP contribution is -1.77. The minimum atomic E-state index is 0.998. The maximum Gasteiger partial charge on any atom is 0.136 e. The average Bonchev–Trinajstić information content (AvgIpc) is 2.80. The fourth-order valence-corrected chi connectivity index (χ4v) is 1.18. The number of hydrogen-bond donors (Lipinski definition) is 0. The Kier molecular flexibility index (Phi) is 3.07. The molecule has 0 radical (unpaired) electrons. The van der Waals surface area contributed by atoms with Gasteiger partial charge in [-0.25, -0.2) is 4.98 Å². The van der Waals surface area contributed by atoms with Crippen LogP contribution < -0.4 is 0 Å². The van der Waals surface area contributed by atoms with Gasteiger partial charge in [0.05, 0.1) is 0 Å². The Labute approximate surface area is 88.1 Å². The summed E-state index contributed by atoms with van der Waals surface area (Å²) in [6, 6.07) is 11.6. The van der Waals surface area contributed by atoms with E-state index < -0.39 is 0 Å². The van der Waals surface area contributed by atoms with Gasteiger partial charge >= 0.3 is 0 Å². The highest BCUT2D eigenvalue weighted by Gasteiger charge is 1.85. The van der Waals surface area contributed by atoms with Gasteiger partial charge in [0.1, 0.15) is 5.65 Å². The minimum Gasteiger partial charge on any atom is -0.307 e. The van der Waals surface area contributed by atoms with Gasteiger partial charge in [0.15, 0.2) is 0 Å². The summed E-state index contributed by atoms with van der Waals surface area (Å²) in [6.45, 7) is 0. The summed E-state index contributed by atoms with van der Waals surface area (Å²) < 4.78 is 1.97. The maximum atomic E-state index is 4.08. The van der Waals surface area contributed by atoms with E-state index in [4.69, 9.17) is 0 Å².